The van der Waals surface area contributed by atoms with Gasteiger partial charge in [0.05, 0.1) is 0 Å². The van der Waals surface area contributed by atoms with Gasteiger partial charge < -0.3 is 0 Å². The number of rotatable bonds is 10. The molecule has 8 atom stereocenters. The molecule has 0 heteroatoms. The van der Waals surface area contributed by atoms with Crippen molar-refractivity contribution in [3.05, 3.63) is 0 Å². The van der Waals surface area contributed by atoms with E-state index in [9.17, 15) is 0 Å². The Labute approximate surface area is 148 Å². The average Bonchev–Trinajstić information content (AvgIpc) is 3.21. The molecule has 0 N–H and O–H groups in total. The van der Waals surface area contributed by atoms with Crippen molar-refractivity contribution in [3.63, 3.8) is 0 Å². The van der Waals surface area contributed by atoms with Crippen LogP contribution < -0.4 is 0 Å². The molecule has 1 saturated carbocycles. The van der Waals surface area contributed by atoms with Crippen LogP contribution in [0.2, 0.25) is 0 Å². The van der Waals surface area contributed by atoms with Crippen LogP contribution in [0.25, 0.3) is 0 Å². The highest BCUT2D eigenvalue weighted by Gasteiger charge is 2.39. The third-order valence-corrected chi connectivity index (χ3v) is 8.20. The van der Waals surface area contributed by atoms with Crippen LogP contribution in [0.15, 0.2) is 0 Å². The zero-order chi connectivity index (χ0) is 17.9. The number of hydrogen-bond acceptors (Lipinski definition) is 0. The molecule has 0 aromatic heterocycles. The Bertz CT molecular complexity index is 342. The molecule has 0 radical (unpaired) electrons. The Hall–Kier alpha value is 0. The lowest BCUT2D eigenvalue weighted by Gasteiger charge is -2.37. The van der Waals surface area contributed by atoms with Gasteiger partial charge in [0.1, 0.15) is 0 Å². The lowest BCUT2D eigenvalue weighted by Crippen LogP contribution is -2.28. The Kier molecular flexibility index (Phi) is 7.68. The molecule has 138 valence electrons. The van der Waals surface area contributed by atoms with E-state index in [0.29, 0.717) is 5.41 Å². The summed E-state index contributed by atoms with van der Waals surface area (Å²) >= 11 is 0. The van der Waals surface area contributed by atoms with Gasteiger partial charge in [-0.25, -0.2) is 0 Å². The van der Waals surface area contributed by atoms with E-state index in [1.54, 1.807) is 0 Å². The molecule has 1 aliphatic carbocycles. The first-order valence-corrected chi connectivity index (χ1v) is 10.5. The largest absolute Gasteiger partial charge is 0.0649 e. The van der Waals surface area contributed by atoms with Gasteiger partial charge in [-0.05, 0) is 72.0 Å². The summed E-state index contributed by atoms with van der Waals surface area (Å²) in [6.07, 6.45) is 5.59. The summed E-state index contributed by atoms with van der Waals surface area (Å²) in [6, 6.07) is 0. The molecule has 1 rings (SSSR count). The van der Waals surface area contributed by atoms with E-state index in [1.807, 2.05) is 0 Å². The van der Waals surface area contributed by atoms with Crippen LogP contribution in [0.1, 0.15) is 94.9 Å². The average molecular weight is 323 g/mol. The van der Waals surface area contributed by atoms with Gasteiger partial charge in [0, 0.05) is 0 Å². The van der Waals surface area contributed by atoms with Gasteiger partial charge in [-0.1, -0.05) is 75.7 Å². The monoisotopic (exact) mass is 322 g/mol. The smallest absolute Gasteiger partial charge is 0.0329 e. The molecule has 1 fully saturated rings. The van der Waals surface area contributed by atoms with Crippen molar-refractivity contribution in [2.24, 2.45) is 52.8 Å². The molecule has 1 aliphatic rings. The zero-order valence-corrected chi connectivity index (χ0v) is 17.9. The van der Waals surface area contributed by atoms with Crippen LogP contribution in [0.3, 0.4) is 0 Å². The standard InChI is InChI=1S/C23H46/c1-11-23(9,10)21(8)18(5)13-16(3)15(2)12-17(4)20(7)22-14-19(22)6/h15-22H,11-14H2,1-10H3. The van der Waals surface area contributed by atoms with E-state index in [1.165, 1.54) is 25.7 Å². The number of hydrogen-bond donors (Lipinski definition) is 0. The van der Waals surface area contributed by atoms with E-state index >= 15 is 0 Å². The molecule has 0 saturated heterocycles. The van der Waals surface area contributed by atoms with Gasteiger partial charge >= 0.3 is 0 Å². The molecule has 0 nitrogen and oxygen atoms in total. The second-order valence-corrected chi connectivity index (χ2v) is 10.2. The van der Waals surface area contributed by atoms with Crippen LogP contribution >= 0.6 is 0 Å². The molecule has 0 heterocycles. The molecule has 0 amide bonds. The summed E-state index contributed by atoms with van der Waals surface area (Å²) < 4.78 is 0. The second-order valence-electron chi connectivity index (χ2n) is 10.2. The molecular weight excluding hydrogens is 276 g/mol. The van der Waals surface area contributed by atoms with Crippen molar-refractivity contribution < 1.29 is 0 Å². The minimum atomic E-state index is 0.478. The van der Waals surface area contributed by atoms with Gasteiger partial charge in [0.2, 0.25) is 0 Å². The maximum atomic E-state index is 2.51. The third kappa shape index (κ3) is 5.79. The fraction of sp³-hybridized carbons (Fsp3) is 1.00. The lowest BCUT2D eigenvalue weighted by molar-refractivity contribution is 0.127. The maximum Gasteiger partial charge on any atom is -0.0329 e. The molecule has 0 aliphatic heterocycles. The third-order valence-electron chi connectivity index (χ3n) is 8.20. The first kappa shape index (κ1) is 21.0. The van der Waals surface area contributed by atoms with E-state index in [-0.39, 0.29) is 0 Å². The van der Waals surface area contributed by atoms with E-state index in [4.69, 9.17) is 0 Å². The highest BCUT2D eigenvalue weighted by molar-refractivity contribution is 4.89. The van der Waals surface area contributed by atoms with Crippen molar-refractivity contribution in [3.8, 4) is 0 Å². The van der Waals surface area contributed by atoms with E-state index in [2.05, 4.69) is 69.2 Å². The second kappa shape index (κ2) is 8.39. The predicted molar refractivity (Wildman–Crippen MR) is 106 cm³/mol. The maximum absolute atomic E-state index is 2.51. The van der Waals surface area contributed by atoms with Gasteiger partial charge in [-0.2, -0.15) is 0 Å². The van der Waals surface area contributed by atoms with Gasteiger partial charge in [0.25, 0.3) is 0 Å². The van der Waals surface area contributed by atoms with Crippen molar-refractivity contribution in [2.45, 2.75) is 94.9 Å². The summed E-state index contributed by atoms with van der Waals surface area (Å²) in [5.74, 6) is 7.20. The van der Waals surface area contributed by atoms with Crippen LogP contribution in [-0.4, -0.2) is 0 Å². The summed E-state index contributed by atoms with van der Waals surface area (Å²) in [5.41, 5.74) is 0.478. The molecule has 0 aromatic carbocycles. The van der Waals surface area contributed by atoms with E-state index in [0.717, 1.165) is 47.3 Å². The molecular formula is C23H46. The SMILES string of the molecule is CCC(C)(C)C(C)C(C)CC(C)C(C)CC(C)C(C)C1CC1C. The zero-order valence-electron chi connectivity index (χ0n) is 17.9. The minimum Gasteiger partial charge on any atom is -0.0649 e. The first-order valence-electron chi connectivity index (χ1n) is 10.5. The normalized spacial score (nSPS) is 29.5. The first-order chi connectivity index (χ1) is 10.5. The Morgan fingerprint density at radius 1 is 0.826 bits per heavy atom. The van der Waals surface area contributed by atoms with Crippen molar-refractivity contribution in [1.82, 2.24) is 0 Å². The van der Waals surface area contributed by atoms with Gasteiger partial charge in [-0.3, -0.25) is 0 Å². The molecule has 0 bridgehead atoms. The van der Waals surface area contributed by atoms with Gasteiger partial charge in [-0.15, -0.1) is 0 Å². The minimum absolute atomic E-state index is 0.478. The highest BCUT2D eigenvalue weighted by Crippen LogP contribution is 2.48. The van der Waals surface area contributed by atoms with Gasteiger partial charge in [0.15, 0.2) is 0 Å². The van der Waals surface area contributed by atoms with Crippen LogP contribution in [0.4, 0.5) is 0 Å². The van der Waals surface area contributed by atoms with Crippen LogP contribution in [0, 0.1) is 52.8 Å². The summed E-state index contributed by atoms with van der Waals surface area (Å²) in [6.45, 7) is 24.7. The molecule has 0 spiro atoms. The molecule has 0 aromatic rings. The predicted octanol–water partition coefficient (Wildman–Crippen LogP) is 7.68. The van der Waals surface area contributed by atoms with E-state index < -0.39 is 0 Å². The fourth-order valence-corrected chi connectivity index (χ4v) is 4.65. The summed E-state index contributed by atoms with van der Waals surface area (Å²) in [7, 11) is 0. The Balaban J connectivity index is 2.45. The lowest BCUT2D eigenvalue weighted by atomic mass is 9.68. The highest BCUT2D eigenvalue weighted by atomic mass is 14.4. The molecule has 8 unspecified atom stereocenters. The molecule has 23 heavy (non-hydrogen) atoms. The quantitative estimate of drug-likeness (QED) is 0.387. The van der Waals surface area contributed by atoms with Crippen molar-refractivity contribution in [2.75, 3.05) is 0 Å². The van der Waals surface area contributed by atoms with Crippen LogP contribution in [-0.2, 0) is 0 Å². The van der Waals surface area contributed by atoms with Crippen molar-refractivity contribution in [1.29, 1.82) is 0 Å². The summed E-state index contributed by atoms with van der Waals surface area (Å²) in [5, 5.41) is 0. The fourth-order valence-electron chi connectivity index (χ4n) is 4.65. The Morgan fingerprint density at radius 2 is 1.26 bits per heavy atom. The topological polar surface area (TPSA) is 0 Å². The Morgan fingerprint density at radius 3 is 1.65 bits per heavy atom. The van der Waals surface area contributed by atoms with Crippen molar-refractivity contribution >= 4 is 0 Å². The summed E-state index contributed by atoms with van der Waals surface area (Å²) in [4.78, 5) is 0. The van der Waals surface area contributed by atoms with Crippen LogP contribution in [0.5, 0.6) is 0 Å².